The summed E-state index contributed by atoms with van der Waals surface area (Å²) in [7, 11) is 0. The van der Waals surface area contributed by atoms with E-state index in [0.29, 0.717) is 31.1 Å². The molecule has 5 heteroatoms. The molecule has 1 saturated heterocycles. The number of rotatable bonds is 3. The Morgan fingerprint density at radius 1 is 1.56 bits per heavy atom. The summed E-state index contributed by atoms with van der Waals surface area (Å²) in [5.41, 5.74) is 1.56. The number of amides is 1. The smallest absolute Gasteiger partial charge is 0.254 e. The van der Waals surface area contributed by atoms with Gasteiger partial charge in [-0.1, -0.05) is 12.1 Å². The number of carbonyl (C=O) groups is 1. The molecule has 1 aromatic rings. The summed E-state index contributed by atoms with van der Waals surface area (Å²) in [6.07, 6.45) is -0.279. The molecule has 4 nitrogen and oxygen atoms in total. The number of benzene rings is 1. The van der Waals surface area contributed by atoms with E-state index in [9.17, 15) is 4.79 Å². The van der Waals surface area contributed by atoms with Crippen LogP contribution in [0.4, 0.5) is 0 Å². The topological polar surface area (TPSA) is 49.8 Å². The molecule has 98 valence electrons. The summed E-state index contributed by atoms with van der Waals surface area (Å²) in [5, 5.41) is 9.06. The summed E-state index contributed by atoms with van der Waals surface area (Å²) >= 11 is 5.76. The van der Waals surface area contributed by atoms with Crippen molar-refractivity contribution in [1.82, 2.24) is 4.90 Å². The molecule has 1 fully saturated rings. The maximum atomic E-state index is 12.3. The van der Waals surface area contributed by atoms with E-state index in [4.69, 9.17) is 21.4 Å². The van der Waals surface area contributed by atoms with Crippen LogP contribution in [-0.4, -0.2) is 48.3 Å². The third kappa shape index (κ3) is 3.02. The van der Waals surface area contributed by atoms with Crippen molar-refractivity contribution >= 4 is 17.5 Å². The zero-order valence-corrected chi connectivity index (χ0v) is 10.8. The van der Waals surface area contributed by atoms with Crippen molar-refractivity contribution in [2.45, 2.75) is 12.0 Å². The first-order chi connectivity index (χ1) is 8.74. The highest BCUT2D eigenvalue weighted by molar-refractivity contribution is 6.17. The van der Waals surface area contributed by atoms with Crippen LogP contribution in [0.15, 0.2) is 24.3 Å². The summed E-state index contributed by atoms with van der Waals surface area (Å²) in [6, 6.07) is 7.30. The van der Waals surface area contributed by atoms with Gasteiger partial charge in [-0.05, 0) is 17.7 Å². The minimum atomic E-state index is -0.279. The quantitative estimate of drug-likeness (QED) is 0.841. The van der Waals surface area contributed by atoms with Crippen molar-refractivity contribution in [2.75, 3.05) is 26.3 Å². The average Bonchev–Trinajstić information content (AvgIpc) is 2.46. The van der Waals surface area contributed by atoms with E-state index in [1.807, 2.05) is 12.1 Å². The molecule has 1 unspecified atom stereocenters. The number of aliphatic hydroxyl groups excluding tert-OH is 1. The van der Waals surface area contributed by atoms with E-state index < -0.39 is 0 Å². The zero-order valence-electron chi connectivity index (χ0n) is 10.0. The van der Waals surface area contributed by atoms with Crippen molar-refractivity contribution in [3.05, 3.63) is 35.4 Å². The molecular weight excluding hydrogens is 254 g/mol. The number of nitrogens with zero attached hydrogens (tertiary/aromatic N) is 1. The van der Waals surface area contributed by atoms with Crippen LogP contribution in [0.3, 0.4) is 0 Å². The first kappa shape index (κ1) is 13.3. The molecule has 18 heavy (non-hydrogen) atoms. The van der Waals surface area contributed by atoms with E-state index in [-0.39, 0.29) is 18.6 Å². The minimum Gasteiger partial charge on any atom is -0.394 e. The first-order valence-electron chi connectivity index (χ1n) is 5.91. The highest BCUT2D eigenvalue weighted by Gasteiger charge is 2.24. The van der Waals surface area contributed by atoms with E-state index in [1.165, 1.54) is 0 Å². The van der Waals surface area contributed by atoms with Crippen LogP contribution in [0.5, 0.6) is 0 Å². The predicted octanol–water partition coefficient (Wildman–Crippen LogP) is 1.26. The molecule has 0 aliphatic carbocycles. The second kappa shape index (κ2) is 6.18. The van der Waals surface area contributed by atoms with Crippen LogP contribution in [0.25, 0.3) is 0 Å². The number of hydrogen-bond donors (Lipinski definition) is 1. The van der Waals surface area contributed by atoms with Gasteiger partial charge in [0.2, 0.25) is 0 Å². The SMILES string of the molecule is O=C(c1cccc(CCl)c1)N1CCOC(CO)C1. The molecule has 0 bridgehead atoms. The molecule has 0 radical (unpaired) electrons. The Balaban J connectivity index is 2.10. The van der Waals surface area contributed by atoms with Crippen molar-refractivity contribution in [3.8, 4) is 0 Å². The van der Waals surface area contributed by atoms with Gasteiger partial charge in [0.05, 0.1) is 19.3 Å². The van der Waals surface area contributed by atoms with Gasteiger partial charge >= 0.3 is 0 Å². The third-order valence-corrected chi connectivity index (χ3v) is 3.27. The zero-order chi connectivity index (χ0) is 13.0. The van der Waals surface area contributed by atoms with E-state index in [0.717, 1.165) is 5.56 Å². The van der Waals surface area contributed by atoms with E-state index in [1.54, 1.807) is 17.0 Å². The molecule has 1 aromatic carbocycles. The Hall–Kier alpha value is -1.10. The van der Waals surface area contributed by atoms with Crippen LogP contribution in [-0.2, 0) is 10.6 Å². The number of ether oxygens (including phenoxy) is 1. The largest absolute Gasteiger partial charge is 0.394 e. The standard InChI is InChI=1S/C13H16ClNO3/c14-7-10-2-1-3-11(6-10)13(17)15-4-5-18-12(8-15)9-16/h1-3,6,12,16H,4-5,7-9H2. The maximum Gasteiger partial charge on any atom is 0.254 e. The molecule has 1 N–H and O–H groups in total. The fourth-order valence-electron chi connectivity index (χ4n) is 1.98. The number of carbonyl (C=O) groups excluding carboxylic acids is 1. The van der Waals surface area contributed by atoms with Crippen LogP contribution < -0.4 is 0 Å². The van der Waals surface area contributed by atoms with Crippen molar-refractivity contribution in [3.63, 3.8) is 0 Å². The monoisotopic (exact) mass is 269 g/mol. The highest BCUT2D eigenvalue weighted by atomic mass is 35.5. The van der Waals surface area contributed by atoms with Gasteiger partial charge in [0.1, 0.15) is 0 Å². The van der Waals surface area contributed by atoms with Gasteiger partial charge < -0.3 is 14.7 Å². The van der Waals surface area contributed by atoms with Crippen molar-refractivity contribution < 1.29 is 14.6 Å². The summed E-state index contributed by atoms with van der Waals surface area (Å²) in [6.45, 7) is 1.39. The number of alkyl halides is 1. The van der Waals surface area contributed by atoms with Gasteiger partial charge in [-0.15, -0.1) is 11.6 Å². The lowest BCUT2D eigenvalue weighted by Gasteiger charge is -2.32. The fraction of sp³-hybridized carbons (Fsp3) is 0.462. The lowest BCUT2D eigenvalue weighted by molar-refractivity contribution is -0.0447. The van der Waals surface area contributed by atoms with E-state index >= 15 is 0 Å². The van der Waals surface area contributed by atoms with Gasteiger partial charge in [-0.3, -0.25) is 4.79 Å². The Kier molecular flexibility index (Phi) is 4.58. The van der Waals surface area contributed by atoms with Crippen LogP contribution in [0, 0.1) is 0 Å². The Bertz CT molecular complexity index is 424. The molecule has 0 spiro atoms. The second-order valence-corrected chi connectivity index (χ2v) is 4.53. The number of halogens is 1. The molecule has 1 heterocycles. The molecule has 1 atom stereocenters. The summed E-state index contributed by atoms with van der Waals surface area (Å²) in [5.74, 6) is 0.354. The number of aliphatic hydroxyl groups is 1. The van der Waals surface area contributed by atoms with Crippen LogP contribution in [0.2, 0.25) is 0 Å². The van der Waals surface area contributed by atoms with Gasteiger partial charge in [-0.25, -0.2) is 0 Å². The van der Waals surface area contributed by atoms with Crippen molar-refractivity contribution in [1.29, 1.82) is 0 Å². The van der Waals surface area contributed by atoms with Gasteiger partial charge in [0.15, 0.2) is 0 Å². The Morgan fingerprint density at radius 2 is 2.39 bits per heavy atom. The van der Waals surface area contributed by atoms with E-state index in [2.05, 4.69) is 0 Å². The van der Waals surface area contributed by atoms with Crippen molar-refractivity contribution in [2.24, 2.45) is 0 Å². The normalized spacial score (nSPS) is 19.9. The average molecular weight is 270 g/mol. The lowest BCUT2D eigenvalue weighted by atomic mass is 10.1. The minimum absolute atomic E-state index is 0.0382. The fourth-order valence-corrected chi connectivity index (χ4v) is 2.15. The van der Waals surface area contributed by atoms with Crippen LogP contribution >= 0.6 is 11.6 Å². The molecule has 1 aliphatic heterocycles. The third-order valence-electron chi connectivity index (χ3n) is 2.96. The van der Waals surface area contributed by atoms with Gasteiger partial charge in [0, 0.05) is 24.5 Å². The Morgan fingerprint density at radius 3 is 3.11 bits per heavy atom. The highest BCUT2D eigenvalue weighted by Crippen LogP contribution is 2.13. The molecule has 0 aromatic heterocycles. The maximum absolute atomic E-state index is 12.3. The number of morpholine rings is 1. The number of hydrogen-bond acceptors (Lipinski definition) is 3. The molecule has 2 rings (SSSR count). The van der Waals surface area contributed by atoms with Gasteiger partial charge in [-0.2, -0.15) is 0 Å². The second-order valence-electron chi connectivity index (χ2n) is 4.26. The Labute approximate surface area is 111 Å². The molecule has 1 amide bonds. The molecule has 0 saturated carbocycles. The first-order valence-corrected chi connectivity index (χ1v) is 6.44. The molecule has 1 aliphatic rings. The van der Waals surface area contributed by atoms with Gasteiger partial charge in [0.25, 0.3) is 5.91 Å². The predicted molar refractivity (Wildman–Crippen MR) is 68.7 cm³/mol. The summed E-state index contributed by atoms with van der Waals surface area (Å²) in [4.78, 5) is 14.0. The van der Waals surface area contributed by atoms with Crippen LogP contribution in [0.1, 0.15) is 15.9 Å². The summed E-state index contributed by atoms with van der Waals surface area (Å²) < 4.78 is 5.32. The lowest BCUT2D eigenvalue weighted by Crippen LogP contribution is -2.46. The molecular formula is C13H16ClNO3.